The number of aryl methyl sites for hydroxylation is 2. The van der Waals surface area contributed by atoms with Gasteiger partial charge in [-0.15, -0.1) is 0 Å². The predicted octanol–water partition coefficient (Wildman–Crippen LogP) is 3.92. The number of nitrogens with zero attached hydrogens (tertiary/aromatic N) is 1. The third-order valence-corrected chi connectivity index (χ3v) is 2.67. The first-order chi connectivity index (χ1) is 8.19. The molecule has 0 aliphatic carbocycles. The fraction of sp³-hybridized carbons (Fsp3) is 0.133. The zero-order valence-electron chi connectivity index (χ0n) is 9.99. The second kappa shape index (κ2) is 4.71. The standard InChI is InChI=1S/C15H14N2/c1-11-3-8-15(12(2)9-11)17-14-6-4-13(10-16)5-7-14/h3-9,17H,1-2H3. The van der Waals surface area contributed by atoms with Gasteiger partial charge in [-0.25, -0.2) is 0 Å². The molecule has 2 nitrogen and oxygen atoms in total. The quantitative estimate of drug-likeness (QED) is 0.836. The molecule has 0 aromatic heterocycles. The lowest BCUT2D eigenvalue weighted by Crippen LogP contribution is -1.93. The highest BCUT2D eigenvalue weighted by Gasteiger charge is 1.99. The molecule has 0 saturated heterocycles. The van der Waals surface area contributed by atoms with E-state index in [0.717, 1.165) is 11.4 Å². The molecule has 0 saturated carbocycles. The molecule has 84 valence electrons. The first-order valence-electron chi connectivity index (χ1n) is 5.53. The number of benzene rings is 2. The maximum atomic E-state index is 8.72. The molecule has 0 fully saturated rings. The van der Waals surface area contributed by atoms with Crippen molar-refractivity contribution < 1.29 is 0 Å². The average molecular weight is 222 g/mol. The van der Waals surface area contributed by atoms with Crippen LogP contribution in [0, 0.1) is 25.2 Å². The van der Waals surface area contributed by atoms with Crippen LogP contribution < -0.4 is 5.32 Å². The number of rotatable bonds is 2. The lowest BCUT2D eigenvalue weighted by Gasteiger charge is -2.10. The highest BCUT2D eigenvalue weighted by Crippen LogP contribution is 2.21. The van der Waals surface area contributed by atoms with E-state index in [1.807, 2.05) is 24.3 Å². The van der Waals surface area contributed by atoms with Crippen molar-refractivity contribution in [3.63, 3.8) is 0 Å². The molecule has 0 amide bonds. The van der Waals surface area contributed by atoms with Crippen LogP contribution in [0.25, 0.3) is 0 Å². The molecule has 0 unspecified atom stereocenters. The molecule has 1 N–H and O–H groups in total. The van der Waals surface area contributed by atoms with E-state index in [-0.39, 0.29) is 0 Å². The summed E-state index contributed by atoms with van der Waals surface area (Å²) in [4.78, 5) is 0. The Kier molecular flexibility index (Phi) is 3.11. The highest BCUT2D eigenvalue weighted by molar-refractivity contribution is 5.63. The molecule has 0 bridgehead atoms. The Morgan fingerprint density at radius 2 is 1.71 bits per heavy atom. The molecule has 17 heavy (non-hydrogen) atoms. The summed E-state index contributed by atoms with van der Waals surface area (Å²) in [6, 6.07) is 15.9. The minimum Gasteiger partial charge on any atom is -0.355 e. The third kappa shape index (κ3) is 2.64. The number of nitrogens with one attached hydrogen (secondary N) is 1. The van der Waals surface area contributed by atoms with Crippen LogP contribution in [0.5, 0.6) is 0 Å². The van der Waals surface area contributed by atoms with E-state index in [1.165, 1.54) is 11.1 Å². The lowest BCUT2D eigenvalue weighted by atomic mass is 10.1. The summed E-state index contributed by atoms with van der Waals surface area (Å²) >= 11 is 0. The molecule has 0 aliphatic heterocycles. The van der Waals surface area contributed by atoms with Crippen LogP contribution in [-0.4, -0.2) is 0 Å². The lowest BCUT2D eigenvalue weighted by molar-refractivity contribution is 1.37. The Morgan fingerprint density at radius 3 is 2.29 bits per heavy atom. The summed E-state index contributed by atoms with van der Waals surface area (Å²) in [6.07, 6.45) is 0. The van der Waals surface area contributed by atoms with Gasteiger partial charge in [-0.2, -0.15) is 5.26 Å². The largest absolute Gasteiger partial charge is 0.355 e. The molecule has 0 heterocycles. The molecule has 2 aromatic carbocycles. The summed E-state index contributed by atoms with van der Waals surface area (Å²) in [5.74, 6) is 0. The summed E-state index contributed by atoms with van der Waals surface area (Å²) < 4.78 is 0. The smallest absolute Gasteiger partial charge is 0.0991 e. The van der Waals surface area contributed by atoms with Crippen molar-refractivity contribution in [3.8, 4) is 6.07 Å². The van der Waals surface area contributed by atoms with Crippen LogP contribution >= 0.6 is 0 Å². The van der Waals surface area contributed by atoms with E-state index < -0.39 is 0 Å². The van der Waals surface area contributed by atoms with Crippen LogP contribution in [0.4, 0.5) is 11.4 Å². The first-order valence-corrected chi connectivity index (χ1v) is 5.53. The fourth-order valence-electron chi connectivity index (χ4n) is 1.74. The van der Waals surface area contributed by atoms with Crippen LogP contribution in [-0.2, 0) is 0 Å². The van der Waals surface area contributed by atoms with E-state index in [2.05, 4.69) is 43.4 Å². The Bertz CT molecular complexity index is 562. The van der Waals surface area contributed by atoms with Gasteiger partial charge in [0, 0.05) is 11.4 Å². The topological polar surface area (TPSA) is 35.8 Å². The minimum atomic E-state index is 0.677. The van der Waals surface area contributed by atoms with Crippen molar-refractivity contribution in [2.24, 2.45) is 0 Å². The van der Waals surface area contributed by atoms with Crippen LogP contribution in [0.3, 0.4) is 0 Å². The molecule has 0 atom stereocenters. The molecule has 2 rings (SSSR count). The maximum Gasteiger partial charge on any atom is 0.0991 e. The normalized spacial score (nSPS) is 9.71. The van der Waals surface area contributed by atoms with Gasteiger partial charge < -0.3 is 5.32 Å². The van der Waals surface area contributed by atoms with Crippen LogP contribution in [0.1, 0.15) is 16.7 Å². The van der Waals surface area contributed by atoms with Crippen LogP contribution in [0.15, 0.2) is 42.5 Å². The molecule has 0 aliphatic rings. The number of hydrogen-bond donors (Lipinski definition) is 1. The van der Waals surface area contributed by atoms with Gasteiger partial charge >= 0.3 is 0 Å². The molecule has 2 heteroatoms. The van der Waals surface area contributed by atoms with Crippen molar-refractivity contribution in [2.45, 2.75) is 13.8 Å². The average Bonchev–Trinajstić information content (AvgIpc) is 2.34. The monoisotopic (exact) mass is 222 g/mol. The molecular weight excluding hydrogens is 208 g/mol. The predicted molar refractivity (Wildman–Crippen MR) is 70.4 cm³/mol. The second-order valence-corrected chi connectivity index (χ2v) is 4.13. The highest BCUT2D eigenvalue weighted by atomic mass is 14.9. The van der Waals surface area contributed by atoms with E-state index in [9.17, 15) is 0 Å². The van der Waals surface area contributed by atoms with Gasteiger partial charge in [-0.3, -0.25) is 0 Å². The fourth-order valence-corrected chi connectivity index (χ4v) is 1.74. The summed E-state index contributed by atoms with van der Waals surface area (Å²) in [6.45, 7) is 4.16. The summed E-state index contributed by atoms with van der Waals surface area (Å²) in [5.41, 5.74) is 5.25. The van der Waals surface area contributed by atoms with Crippen molar-refractivity contribution in [2.75, 3.05) is 5.32 Å². The molecule has 0 spiro atoms. The number of hydrogen-bond acceptors (Lipinski definition) is 2. The maximum absolute atomic E-state index is 8.72. The van der Waals surface area contributed by atoms with Gasteiger partial charge in [0.15, 0.2) is 0 Å². The van der Waals surface area contributed by atoms with Crippen LogP contribution in [0.2, 0.25) is 0 Å². The first kappa shape index (κ1) is 11.2. The number of anilines is 2. The Balaban J connectivity index is 2.23. The second-order valence-electron chi connectivity index (χ2n) is 4.13. The van der Waals surface area contributed by atoms with Crippen molar-refractivity contribution >= 4 is 11.4 Å². The zero-order valence-corrected chi connectivity index (χ0v) is 9.99. The van der Waals surface area contributed by atoms with E-state index in [1.54, 1.807) is 0 Å². The number of nitriles is 1. The van der Waals surface area contributed by atoms with Crippen molar-refractivity contribution in [1.29, 1.82) is 5.26 Å². The van der Waals surface area contributed by atoms with Gasteiger partial charge in [-0.05, 0) is 49.7 Å². The Labute approximate surface area is 102 Å². The molecule has 2 aromatic rings. The summed E-state index contributed by atoms with van der Waals surface area (Å²) in [7, 11) is 0. The van der Waals surface area contributed by atoms with Crippen molar-refractivity contribution in [1.82, 2.24) is 0 Å². The molecule has 0 radical (unpaired) electrons. The molecular formula is C15H14N2. The van der Waals surface area contributed by atoms with Gasteiger partial charge in [0.05, 0.1) is 11.6 Å². The van der Waals surface area contributed by atoms with Gasteiger partial charge in [0.2, 0.25) is 0 Å². The minimum absolute atomic E-state index is 0.677. The van der Waals surface area contributed by atoms with E-state index in [4.69, 9.17) is 5.26 Å². The Morgan fingerprint density at radius 1 is 1.00 bits per heavy atom. The zero-order chi connectivity index (χ0) is 12.3. The Hall–Kier alpha value is -2.27. The third-order valence-electron chi connectivity index (χ3n) is 2.67. The van der Waals surface area contributed by atoms with Gasteiger partial charge in [0.25, 0.3) is 0 Å². The SMILES string of the molecule is Cc1ccc(Nc2ccc(C#N)cc2)c(C)c1. The van der Waals surface area contributed by atoms with Gasteiger partial charge in [0.1, 0.15) is 0 Å². The van der Waals surface area contributed by atoms with Gasteiger partial charge in [-0.1, -0.05) is 17.7 Å². The van der Waals surface area contributed by atoms with E-state index in [0.29, 0.717) is 5.56 Å². The summed E-state index contributed by atoms with van der Waals surface area (Å²) in [5, 5.41) is 12.1. The van der Waals surface area contributed by atoms with E-state index >= 15 is 0 Å². The van der Waals surface area contributed by atoms with Crippen molar-refractivity contribution in [3.05, 3.63) is 59.2 Å².